The lowest BCUT2D eigenvalue weighted by molar-refractivity contribution is -0.141. The Labute approximate surface area is 154 Å². The predicted molar refractivity (Wildman–Crippen MR) is 91.4 cm³/mol. The number of amides is 1. The Balaban J connectivity index is 1.36. The highest BCUT2D eigenvalue weighted by atomic mass is 19.4. The van der Waals surface area contributed by atoms with E-state index >= 15 is 0 Å². The van der Waals surface area contributed by atoms with E-state index in [1.54, 1.807) is 4.90 Å². The number of hydrogen-bond donors (Lipinski definition) is 0. The minimum absolute atomic E-state index is 0.157. The molecule has 1 saturated heterocycles. The molecule has 9 heteroatoms. The maximum atomic E-state index is 12.6. The molecule has 1 aliphatic heterocycles. The second-order valence-corrected chi connectivity index (χ2v) is 6.80. The van der Waals surface area contributed by atoms with Gasteiger partial charge >= 0.3 is 6.18 Å². The lowest BCUT2D eigenvalue weighted by atomic mass is 10.2. The SMILES string of the molecule is O=C(c1ccc(C(F)(F)F)nc1)N1CCN(c2ccc(C3CC3)nn2)CC1. The van der Waals surface area contributed by atoms with Gasteiger partial charge in [-0.3, -0.25) is 9.78 Å². The Kier molecular flexibility index (Phi) is 4.45. The normalized spacial score (nSPS) is 17.9. The fraction of sp³-hybridized carbons (Fsp3) is 0.444. The molecule has 0 bridgehead atoms. The smallest absolute Gasteiger partial charge is 0.352 e. The third-order valence-electron chi connectivity index (χ3n) is 4.86. The molecule has 1 aliphatic carbocycles. The first kappa shape index (κ1) is 17.7. The summed E-state index contributed by atoms with van der Waals surface area (Å²) in [5, 5.41) is 8.55. The molecule has 0 radical (unpaired) electrons. The van der Waals surface area contributed by atoms with Crippen LogP contribution in [0.15, 0.2) is 30.5 Å². The van der Waals surface area contributed by atoms with Crippen LogP contribution in [0.5, 0.6) is 0 Å². The monoisotopic (exact) mass is 377 g/mol. The van der Waals surface area contributed by atoms with Crippen LogP contribution >= 0.6 is 0 Å². The van der Waals surface area contributed by atoms with Crippen LogP contribution in [-0.4, -0.2) is 52.2 Å². The minimum Gasteiger partial charge on any atom is -0.352 e. The van der Waals surface area contributed by atoms with Crippen LogP contribution in [0, 0.1) is 0 Å². The van der Waals surface area contributed by atoms with Crippen molar-refractivity contribution >= 4 is 11.7 Å². The van der Waals surface area contributed by atoms with E-state index in [1.807, 2.05) is 12.1 Å². The Bertz CT molecular complexity index is 810. The number of anilines is 1. The topological polar surface area (TPSA) is 62.2 Å². The molecule has 2 aromatic rings. The van der Waals surface area contributed by atoms with Crippen LogP contribution < -0.4 is 4.90 Å². The van der Waals surface area contributed by atoms with E-state index in [2.05, 4.69) is 20.1 Å². The average Bonchev–Trinajstić information content (AvgIpc) is 3.52. The zero-order chi connectivity index (χ0) is 19.0. The molecule has 0 unspecified atom stereocenters. The fourth-order valence-corrected chi connectivity index (χ4v) is 3.11. The molecule has 4 rings (SSSR count). The number of rotatable bonds is 3. The first-order valence-corrected chi connectivity index (χ1v) is 8.83. The highest BCUT2D eigenvalue weighted by molar-refractivity contribution is 5.94. The Morgan fingerprint density at radius 2 is 1.74 bits per heavy atom. The molecule has 6 nitrogen and oxygen atoms in total. The van der Waals surface area contributed by atoms with Gasteiger partial charge in [-0.05, 0) is 37.1 Å². The molecule has 0 aromatic carbocycles. The Morgan fingerprint density at radius 3 is 2.26 bits per heavy atom. The van der Waals surface area contributed by atoms with Crippen LogP contribution in [0.25, 0.3) is 0 Å². The Morgan fingerprint density at radius 1 is 1.00 bits per heavy atom. The zero-order valence-electron chi connectivity index (χ0n) is 14.5. The summed E-state index contributed by atoms with van der Waals surface area (Å²) in [6.45, 7) is 2.12. The second kappa shape index (κ2) is 6.79. The van der Waals surface area contributed by atoms with E-state index < -0.39 is 11.9 Å². The van der Waals surface area contributed by atoms with E-state index in [9.17, 15) is 18.0 Å². The van der Waals surface area contributed by atoms with Crippen molar-refractivity contribution in [2.24, 2.45) is 0 Å². The van der Waals surface area contributed by atoms with Crippen LogP contribution in [0.4, 0.5) is 19.0 Å². The predicted octanol–water partition coefficient (Wildman–Crippen LogP) is 2.73. The van der Waals surface area contributed by atoms with Crippen LogP contribution in [0.2, 0.25) is 0 Å². The maximum absolute atomic E-state index is 12.6. The molecular weight excluding hydrogens is 359 g/mol. The number of nitrogens with zero attached hydrogens (tertiary/aromatic N) is 5. The summed E-state index contributed by atoms with van der Waals surface area (Å²) in [7, 11) is 0. The molecule has 142 valence electrons. The summed E-state index contributed by atoms with van der Waals surface area (Å²) in [5.41, 5.74) is 0.185. The summed E-state index contributed by atoms with van der Waals surface area (Å²) in [5.74, 6) is 1.02. The van der Waals surface area contributed by atoms with Gasteiger partial charge < -0.3 is 9.80 Å². The van der Waals surface area contributed by atoms with E-state index in [0.717, 1.165) is 23.8 Å². The zero-order valence-corrected chi connectivity index (χ0v) is 14.5. The number of hydrogen-bond acceptors (Lipinski definition) is 5. The lowest BCUT2D eigenvalue weighted by Gasteiger charge is -2.35. The standard InChI is InChI=1S/C18H18F3N5O/c19-18(20,21)15-5-3-13(11-22-15)17(27)26-9-7-25(8-10-26)16-6-4-14(23-24-16)12-1-2-12/h3-6,11-12H,1-2,7-10H2. The van der Waals surface area contributed by atoms with Crippen molar-refractivity contribution in [1.29, 1.82) is 0 Å². The molecular formula is C18H18F3N5O. The molecule has 27 heavy (non-hydrogen) atoms. The molecule has 0 spiro atoms. The van der Waals surface area contributed by atoms with Crippen molar-refractivity contribution in [2.75, 3.05) is 31.1 Å². The molecule has 2 aromatic heterocycles. The van der Waals surface area contributed by atoms with Gasteiger partial charge in [-0.25, -0.2) is 0 Å². The Hall–Kier alpha value is -2.71. The number of carbonyl (C=O) groups excluding carboxylic acids is 1. The van der Waals surface area contributed by atoms with Gasteiger partial charge in [-0.2, -0.15) is 18.3 Å². The molecule has 0 atom stereocenters. The van der Waals surface area contributed by atoms with Crippen LogP contribution in [-0.2, 0) is 6.18 Å². The maximum Gasteiger partial charge on any atom is 0.433 e. The fourth-order valence-electron chi connectivity index (χ4n) is 3.11. The number of aromatic nitrogens is 3. The third kappa shape index (κ3) is 3.86. The van der Waals surface area contributed by atoms with Gasteiger partial charge in [0.25, 0.3) is 5.91 Å². The summed E-state index contributed by atoms with van der Waals surface area (Å²) in [6, 6.07) is 5.97. The summed E-state index contributed by atoms with van der Waals surface area (Å²) < 4.78 is 37.7. The van der Waals surface area contributed by atoms with E-state index in [1.165, 1.54) is 18.9 Å². The second-order valence-electron chi connectivity index (χ2n) is 6.80. The van der Waals surface area contributed by atoms with Crippen molar-refractivity contribution in [1.82, 2.24) is 20.1 Å². The molecule has 0 N–H and O–H groups in total. The highest BCUT2D eigenvalue weighted by Crippen LogP contribution is 2.38. The first-order chi connectivity index (χ1) is 12.9. The lowest BCUT2D eigenvalue weighted by Crippen LogP contribution is -2.49. The third-order valence-corrected chi connectivity index (χ3v) is 4.86. The van der Waals surface area contributed by atoms with Gasteiger partial charge in [0, 0.05) is 38.3 Å². The van der Waals surface area contributed by atoms with Gasteiger partial charge in [0.15, 0.2) is 5.82 Å². The molecule has 1 amide bonds. The van der Waals surface area contributed by atoms with Crippen molar-refractivity contribution < 1.29 is 18.0 Å². The summed E-state index contributed by atoms with van der Waals surface area (Å²) >= 11 is 0. The van der Waals surface area contributed by atoms with Crippen LogP contribution in [0.3, 0.4) is 0 Å². The first-order valence-electron chi connectivity index (χ1n) is 8.83. The van der Waals surface area contributed by atoms with Crippen LogP contribution in [0.1, 0.15) is 40.5 Å². The molecule has 2 fully saturated rings. The van der Waals surface area contributed by atoms with Gasteiger partial charge in [0.1, 0.15) is 5.69 Å². The molecule has 2 aliphatic rings. The summed E-state index contributed by atoms with van der Waals surface area (Å²) in [6.07, 6.45) is -1.18. The van der Waals surface area contributed by atoms with E-state index in [4.69, 9.17) is 0 Å². The van der Waals surface area contributed by atoms with Gasteiger partial charge in [-0.1, -0.05) is 0 Å². The minimum atomic E-state index is -4.51. The molecule has 1 saturated carbocycles. The number of carbonyl (C=O) groups is 1. The number of piperazine rings is 1. The van der Waals surface area contributed by atoms with Crippen molar-refractivity contribution in [3.63, 3.8) is 0 Å². The summed E-state index contributed by atoms with van der Waals surface area (Å²) in [4.78, 5) is 19.5. The van der Waals surface area contributed by atoms with Gasteiger partial charge in [0.05, 0.1) is 11.3 Å². The quantitative estimate of drug-likeness (QED) is 0.823. The highest BCUT2D eigenvalue weighted by Gasteiger charge is 2.33. The average molecular weight is 377 g/mol. The van der Waals surface area contributed by atoms with Crippen molar-refractivity contribution in [2.45, 2.75) is 24.9 Å². The van der Waals surface area contributed by atoms with Crippen molar-refractivity contribution in [3.8, 4) is 0 Å². The number of alkyl halides is 3. The number of pyridine rings is 1. The largest absolute Gasteiger partial charge is 0.433 e. The van der Waals surface area contributed by atoms with Gasteiger partial charge in [0.2, 0.25) is 0 Å². The molecule has 3 heterocycles. The number of halogens is 3. The van der Waals surface area contributed by atoms with Gasteiger partial charge in [-0.15, -0.1) is 5.10 Å². The van der Waals surface area contributed by atoms with E-state index in [-0.39, 0.29) is 11.5 Å². The van der Waals surface area contributed by atoms with E-state index in [0.29, 0.717) is 32.1 Å². The van der Waals surface area contributed by atoms with Crippen molar-refractivity contribution in [3.05, 3.63) is 47.4 Å².